The van der Waals surface area contributed by atoms with Gasteiger partial charge in [0.1, 0.15) is 11.3 Å². The molecular formula is C28H33N3O4. The van der Waals surface area contributed by atoms with Gasteiger partial charge in [-0.25, -0.2) is 4.79 Å². The zero-order valence-electron chi connectivity index (χ0n) is 20.2. The SMILES string of the molecule is COc1ccc(C2(C(=O)N3CCC([C@@]4(Cc5ccccc5)NC(=O)NC4=O)CC3)CCCC2)cc1. The first-order chi connectivity index (χ1) is 17.0. The smallest absolute Gasteiger partial charge is 0.322 e. The fourth-order valence-electron chi connectivity index (χ4n) is 6.37. The largest absolute Gasteiger partial charge is 0.497 e. The Hall–Kier alpha value is -3.35. The van der Waals surface area contributed by atoms with E-state index < -0.39 is 17.0 Å². The molecule has 2 saturated heterocycles. The summed E-state index contributed by atoms with van der Waals surface area (Å²) in [4.78, 5) is 41.1. The quantitative estimate of drug-likeness (QED) is 0.626. The van der Waals surface area contributed by atoms with E-state index in [0.29, 0.717) is 32.4 Å². The lowest BCUT2D eigenvalue weighted by Gasteiger charge is -2.43. The molecule has 2 aromatic rings. The molecule has 0 spiro atoms. The molecule has 1 saturated carbocycles. The number of carbonyl (C=O) groups excluding carboxylic acids is 3. The molecule has 3 aliphatic rings. The van der Waals surface area contributed by atoms with E-state index >= 15 is 0 Å². The van der Waals surface area contributed by atoms with Gasteiger partial charge >= 0.3 is 6.03 Å². The van der Waals surface area contributed by atoms with E-state index in [4.69, 9.17) is 4.74 Å². The molecule has 35 heavy (non-hydrogen) atoms. The lowest BCUT2D eigenvalue weighted by atomic mass is 9.73. The Kier molecular flexibility index (Phi) is 6.26. The van der Waals surface area contributed by atoms with Crippen molar-refractivity contribution in [2.24, 2.45) is 5.92 Å². The average Bonchev–Trinajstić information content (AvgIpc) is 3.50. The van der Waals surface area contributed by atoms with E-state index in [9.17, 15) is 14.4 Å². The van der Waals surface area contributed by atoms with Gasteiger partial charge in [0.2, 0.25) is 5.91 Å². The Morgan fingerprint density at radius 1 is 1.00 bits per heavy atom. The van der Waals surface area contributed by atoms with E-state index in [1.54, 1.807) is 7.11 Å². The molecule has 184 valence electrons. The number of nitrogens with one attached hydrogen (secondary N) is 2. The summed E-state index contributed by atoms with van der Waals surface area (Å²) in [7, 11) is 1.65. The van der Waals surface area contributed by atoms with Crippen LogP contribution in [0.25, 0.3) is 0 Å². The number of hydrogen-bond donors (Lipinski definition) is 2. The van der Waals surface area contributed by atoms with E-state index in [1.165, 1.54) is 0 Å². The van der Waals surface area contributed by atoms with Gasteiger partial charge in [-0.1, -0.05) is 55.3 Å². The van der Waals surface area contributed by atoms with Crippen LogP contribution in [-0.4, -0.2) is 48.5 Å². The third kappa shape index (κ3) is 4.17. The van der Waals surface area contributed by atoms with Gasteiger partial charge in [0, 0.05) is 19.5 Å². The Balaban J connectivity index is 1.34. The lowest BCUT2D eigenvalue weighted by Crippen LogP contribution is -2.58. The summed E-state index contributed by atoms with van der Waals surface area (Å²) >= 11 is 0. The van der Waals surface area contributed by atoms with Crippen LogP contribution >= 0.6 is 0 Å². The molecule has 5 rings (SSSR count). The number of carbonyl (C=O) groups is 3. The summed E-state index contributed by atoms with van der Waals surface area (Å²) in [6.07, 6.45) is 5.58. The second-order valence-corrected chi connectivity index (χ2v) is 10.1. The Labute approximate surface area is 206 Å². The third-order valence-corrected chi connectivity index (χ3v) is 8.28. The monoisotopic (exact) mass is 475 g/mol. The molecule has 4 amide bonds. The fourth-order valence-corrected chi connectivity index (χ4v) is 6.37. The maximum Gasteiger partial charge on any atom is 0.322 e. The maximum absolute atomic E-state index is 13.9. The fraction of sp³-hybridized carbons (Fsp3) is 0.464. The molecule has 2 heterocycles. The molecule has 2 N–H and O–H groups in total. The highest BCUT2D eigenvalue weighted by Crippen LogP contribution is 2.44. The number of piperidine rings is 1. The van der Waals surface area contributed by atoms with Crippen LogP contribution < -0.4 is 15.4 Å². The first-order valence-corrected chi connectivity index (χ1v) is 12.6. The van der Waals surface area contributed by atoms with Crippen molar-refractivity contribution < 1.29 is 19.1 Å². The van der Waals surface area contributed by atoms with Crippen molar-refractivity contribution in [1.82, 2.24) is 15.5 Å². The number of amides is 4. The van der Waals surface area contributed by atoms with E-state index in [2.05, 4.69) is 10.6 Å². The Morgan fingerprint density at radius 2 is 1.66 bits per heavy atom. The van der Waals surface area contributed by atoms with Crippen molar-refractivity contribution in [3.63, 3.8) is 0 Å². The number of urea groups is 1. The van der Waals surface area contributed by atoms with Crippen molar-refractivity contribution in [2.75, 3.05) is 20.2 Å². The van der Waals surface area contributed by atoms with Gasteiger partial charge in [-0.3, -0.25) is 14.9 Å². The molecule has 1 aliphatic carbocycles. The van der Waals surface area contributed by atoms with Gasteiger partial charge in [-0.15, -0.1) is 0 Å². The number of methoxy groups -OCH3 is 1. The van der Waals surface area contributed by atoms with Crippen molar-refractivity contribution in [3.05, 3.63) is 65.7 Å². The molecule has 2 aliphatic heterocycles. The van der Waals surface area contributed by atoms with Gasteiger partial charge in [-0.2, -0.15) is 0 Å². The minimum Gasteiger partial charge on any atom is -0.497 e. The molecule has 0 unspecified atom stereocenters. The van der Waals surface area contributed by atoms with Crippen molar-refractivity contribution >= 4 is 17.8 Å². The van der Waals surface area contributed by atoms with Crippen molar-refractivity contribution in [2.45, 2.75) is 55.9 Å². The van der Waals surface area contributed by atoms with Crippen LogP contribution in [0.15, 0.2) is 54.6 Å². The molecule has 7 heteroatoms. The first kappa shape index (κ1) is 23.4. The zero-order chi connectivity index (χ0) is 24.5. The molecule has 0 bridgehead atoms. The topological polar surface area (TPSA) is 87.7 Å². The minimum absolute atomic E-state index is 0.0429. The third-order valence-electron chi connectivity index (χ3n) is 8.28. The summed E-state index contributed by atoms with van der Waals surface area (Å²) in [6, 6.07) is 17.3. The van der Waals surface area contributed by atoms with Gasteiger partial charge in [0.05, 0.1) is 12.5 Å². The number of nitrogens with zero attached hydrogens (tertiary/aromatic N) is 1. The molecule has 0 radical (unpaired) electrons. The van der Waals surface area contributed by atoms with Crippen LogP contribution in [0.5, 0.6) is 5.75 Å². The van der Waals surface area contributed by atoms with E-state index in [0.717, 1.165) is 42.6 Å². The summed E-state index contributed by atoms with van der Waals surface area (Å²) < 4.78 is 5.31. The molecule has 2 aromatic carbocycles. The summed E-state index contributed by atoms with van der Waals surface area (Å²) in [5.41, 5.74) is 0.604. The van der Waals surface area contributed by atoms with Gasteiger partial charge in [0.25, 0.3) is 5.91 Å². The van der Waals surface area contributed by atoms with Gasteiger partial charge < -0.3 is 15.0 Å². The minimum atomic E-state index is -0.978. The van der Waals surface area contributed by atoms with Crippen molar-refractivity contribution in [3.8, 4) is 5.75 Å². The van der Waals surface area contributed by atoms with Crippen LogP contribution in [0.1, 0.15) is 49.7 Å². The van der Waals surface area contributed by atoms with Crippen LogP contribution in [0, 0.1) is 5.92 Å². The van der Waals surface area contributed by atoms with E-state index in [-0.39, 0.29) is 17.7 Å². The number of benzene rings is 2. The van der Waals surface area contributed by atoms with Crippen LogP contribution in [0.4, 0.5) is 4.79 Å². The first-order valence-electron chi connectivity index (χ1n) is 12.6. The molecular weight excluding hydrogens is 442 g/mol. The summed E-state index contributed by atoms with van der Waals surface area (Å²) in [6.45, 7) is 1.17. The highest BCUT2D eigenvalue weighted by molar-refractivity contribution is 6.07. The molecule has 7 nitrogen and oxygen atoms in total. The van der Waals surface area contributed by atoms with Gasteiger partial charge in [0.15, 0.2) is 0 Å². The molecule has 0 aromatic heterocycles. The second kappa shape index (κ2) is 9.36. The Morgan fingerprint density at radius 3 is 2.23 bits per heavy atom. The second-order valence-electron chi connectivity index (χ2n) is 10.1. The molecule has 1 atom stereocenters. The lowest BCUT2D eigenvalue weighted by molar-refractivity contribution is -0.139. The number of likely N-dealkylation sites (tertiary alicyclic amines) is 1. The predicted octanol–water partition coefficient (Wildman–Crippen LogP) is 3.57. The number of ether oxygens (including phenoxy) is 1. The summed E-state index contributed by atoms with van der Waals surface area (Å²) in [5.74, 6) is 0.673. The molecule has 3 fully saturated rings. The zero-order valence-corrected chi connectivity index (χ0v) is 20.2. The van der Waals surface area contributed by atoms with Gasteiger partial charge in [-0.05, 0) is 54.9 Å². The van der Waals surface area contributed by atoms with Crippen LogP contribution in [0.2, 0.25) is 0 Å². The maximum atomic E-state index is 13.9. The van der Waals surface area contributed by atoms with Crippen LogP contribution in [0.3, 0.4) is 0 Å². The average molecular weight is 476 g/mol. The highest BCUT2D eigenvalue weighted by Gasteiger charge is 2.53. The van der Waals surface area contributed by atoms with Crippen LogP contribution in [-0.2, 0) is 21.4 Å². The van der Waals surface area contributed by atoms with E-state index in [1.807, 2.05) is 59.5 Å². The summed E-state index contributed by atoms with van der Waals surface area (Å²) in [5, 5.41) is 5.42. The normalized spacial score (nSPS) is 24.2. The standard InChI is InChI=1S/C28H33N3O4/c1-35-23-11-9-21(10-12-23)27(15-5-6-16-27)25(33)31-17-13-22(14-18-31)28(24(32)29-26(34)30-28)19-20-7-3-2-4-8-20/h2-4,7-12,22H,5-6,13-19H2,1H3,(H2,29,30,32,34)/t28-/m1/s1. The number of rotatable bonds is 6. The highest BCUT2D eigenvalue weighted by atomic mass is 16.5. The Bertz CT molecular complexity index is 1090. The predicted molar refractivity (Wildman–Crippen MR) is 132 cm³/mol. The number of imide groups is 1. The number of hydrogen-bond acceptors (Lipinski definition) is 4. The van der Waals surface area contributed by atoms with Crippen molar-refractivity contribution in [1.29, 1.82) is 0 Å².